The molecule has 0 aliphatic heterocycles. The van der Waals surface area contributed by atoms with Crippen molar-refractivity contribution in [3.05, 3.63) is 158 Å². The zero-order valence-corrected chi connectivity index (χ0v) is 26.0. The number of nitrogens with zero attached hydrogens (tertiary/aromatic N) is 4. The number of hydrogen-bond donors (Lipinski definition) is 0. The zero-order valence-electron chi connectivity index (χ0n) is 25.2. The van der Waals surface area contributed by atoms with Gasteiger partial charge in [-0.1, -0.05) is 127 Å². The second-order valence-corrected chi connectivity index (χ2v) is 12.5. The van der Waals surface area contributed by atoms with Crippen LogP contribution in [0, 0.1) is 0 Å². The van der Waals surface area contributed by atoms with Gasteiger partial charge in [0.1, 0.15) is 0 Å². The van der Waals surface area contributed by atoms with E-state index in [2.05, 4.69) is 109 Å². The molecule has 3 aromatic heterocycles. The fourth-order valence-corrected chi connectivity index (χ4v) is 7.35. The summed E-state index contributed by atoms with van der Waals surface area (Å²) in [6.45, 7) is 0. The molecule has 0 fully saturated rings. The fourth-order valence-electron chi connectivity index (χ4n) is 6.19. The fraction of sp³-hybridized carbons (Fsp3) is 0. The summed E-state index contributed by atoms with van der Waals surface area (Å²) in [6.07, 6.45) is 0. The lowest BCUT2D eigenvalue weighted by Crippen LogP contribution is -1.96. The first-order valence-electron chi connectivity index (χ1n) is 15.6. The van der Waals surface area contributed by atoms with E-state index in [1.165, 1.54) is 4.70 Å². The van der Waals surface area contributed by atoms with E-state index in [4.69, 9.17) is 19.9 Å². The molecule has 0 bridgehead atoms. The van der Waals surface area contributed by atoms with Gasteiger partial charge < -0.3 is 0 Å². The normalized spacial score (nSPS) is 11.4. The quantitative estimate of drug-likeness (QED) is 0.193. The van der Waals surface area contributed by atoms with E-state index in [0.29, 0.717) is 5.82 Å². The third-order valence-electron chi connectivity index (χ3n) is 8.47. The molecular weight excluding hydrogens is 593 g/mol. The highest BCUT2D eigenvalue weighted by Crippen LogP contribution is 2.40. The molecule has 5 heteroatoms. The Morgan fingerprint density at radius 1 is 0.362 bits per heavy atom. The minimum absolute atomic E-state index is 0.713. The predicted octanol–water partition coefficient (Wildman–Crippen LogP) is 11.1. The molecule has 0 saturated carbocycles. The summed E-state index contributed by atoms with van der Waals surface area (Å²) >= 11 is 1.75. The molecule has 0 aliphatic rings. The summed E-state index contributed by atoms with van der Waals surface area (Å²) in [5, 5.41) is 1.16. The lowest BCUT2D eigenvalue weighted by Gasteiger charge is -2.12. The van der Waals surface area contributed by atoms with Crippen LogP contribution in [0.3, 0.4) is 0 Å². The van der Waals surface area contributed by atoms with E-state index < -0.39 is 0 Å². The van der Waals surface area contributed by atoms with Crippen LogP contribution in [-0.4, -0.2) is 19.9 Å². The SMILES string of the molecule is c1ccc(-c2nc3ccccc3nc2-c2cccc(-c3cccc(-c4nc(-c5ccccc5)c5sc6ccccc6c5n4)c3)c2)cc1. The largest absolute Gasteiger partial charge is 0.244 e. The molecule has 0 N–H and O–H groups in total. The number of thiophene rings is 1. The Hall–Kier alpha value is -6.04. The second kappa shape index (κ2) is 11.4. The predicted molar refractivity (Wildman–Crippen MR) is 195 cm³/mol. The topological polar surface area (TPSA) is 51.6 Å². The first kappa shape index (κ1) is 27.3. The molecule has 47 heavy (non-hydrogen) atoms. The Kier molecular flexibility index (Phi) is 6.61. The van der Waals surface area contributed by atoms with E-state index in [-0.39, 0.29) is 0 Å². The van der Waals surface area contributed by atoms with E-state index in [1.54, 1.807) is 11.3 Å². The molecule has 9 aromatic rings. The Morgan fingerprint density at radius 3 is 1.57 bits per heavy atom. The van der Waals surface area contributed by atoms with Crippen molar-refractivity contribution in [3.63, 3.8) is 0 Å². The van der Waals surface area contributed by atoms with Crippen LogP contribution in [0.5, 0.6) is 0 Å². The van der Waals surface area contributed by atoms with Crippen LogP contribution in [-0.2, 0) is 0 Å². The van der Waals surface area contributed by atoms with Crippen LogP contribution < -0.4 is 0 Å². The van der Waals surface area contributed by atoms with Crippen LogP contribution in [0.2, 0.25) is 0 Å². The number of benzene rings is 6. The third-order valence-corrected chi connectivity index (χ3v) is 9.64. The minimum Gasteiger partial charge on any atom is -0.244 e. The van der Waals surface area contributed by atoms with Gasteiger partial charge in [0.15, 0.2) is 5.82 Å². The maximum absolute atomic E-state index is 5.19. The second-order valence-electron chi connectivity index (χ2n) is 11.5. The number of rotatable bonds is 5. The third kappa shape index (κ3) is 4.94. The Morgan fingerprint density at radius 2 is 0.872 bits per heavy atom. The summed E-state index contributed by atoms with van der Waals surface area (Å²) in [5.41, 5.74) is 11.7. The number of aromatic nitrogens is 4. The summed E-state index contributed by atoms with van der Waals surface area (Å²) in [4.78, 5) is 20.6. The van der Waals surface area contributed by atoms with Gasteiger partial charge in [-0.15, -0.1) is 11.3 Å². The molecule has 0 radical (unpaired) electrons. The van der Waals surface area contributed by atoms with E-state index in [1.807, 2.05) is 48.5 Å². The highest BCUT2D eigenvalue weighted by atomic mass is 32.1. The zero-order chi connectivity index (χ0) is 31.2. The smallest absolute Gasteiger partial charge is 0.160 e. The first-order chi connectivity index (χ1) is 23.3. The van der Waals surface area contributed by atoms with Crippen LogP contribution in [0.4, 0.5) is 0 Å². The van der Waals surface area contributed by atoms with E-state index in [9.17, 15) is 0 Å². The van der Waals surface area contributed by atoms with Crippen molar-refractivity contribution in [2.75, 3.05) is 0 Å². The standard InChI is InChI=1S/C42H26N4S/c1-3-13-27(14-4-1)37-38(44-35-23-9-8-22-34(35)43-37)31-19-11-17-29(25-31)30-18-12-20-32(26-30)42-45-39(28-15-5-2-6-16-28)41-40(46-42)33-21-7-10-24-36(33)47-41/h1-26H. The Balaban J connectivity index is 1.18. The molecule has 0 atom stereocenters. The van der Waals surface area contributed by atoms with Crippen molar-refractivity contribution < 1.29 is 0 Å². The minimum atomic E-state index is 0.713. The van der Waals surface area contributed by atoms with Gasteiger partial charge in [0.2, 0.25) is 0 Å². The van der Waals surface area contributed by atoms with Crippen LogP contribution in [0.1, 0.15) is 0 Å². The molecule has 0 saturated heterocycles. The van der Waals surface area contributed by atoms with Crippen molar-refractivity contribution in [2.45, 2.75) is 0 Å². The molecule has 0 aliphatic carbocycles. The first-order valence-corrected chi connectivity index (χ1v) is 16.4. The molecule has 6 aromatic carbocycles. The van der Waals surface area contributed by atoms with Gasteiger partial charge in [0, 0.05) is 32.3 Å². The number of hydrogen-bond acceptors (Lipinski definition) is 5. The molecule has 3 heterocycles. The van der Waals surface area contributed by atoms with E-state index >= 15 is 0 Å². The van der Waals surface area contributed by atoms with Gasteiger partial charge in [-0.25, -0.2) is 19.9 Å². The molecule has 0 unspecified atom stereocenters. The molecule has 4 nitrogen and oxygen atoms in total. The highest BCUT2D eigenvalue weighted by Gasteiger charge is 2.18. The highest BCUT2D eigenvalue weighted by molar-refractivity contribution is 7.26. The van der Waals surface area contributed by atoms with Gasteiger partial charge >= 0.3 is 0 Å². The maximum Gasteiger partial charge on any atom is 0.160 e. The molecule has 9 rings (SSSR count). The molecule has 220 valence electrons. The number of para-hydroxylation sites is 2. The van der Waals surface area contributed by atoms with Crippen LogP contribution >= 0.6 is 11.3 Å². The van der Waals surface area contributed by atoms with Crippen LogP contribution in [0.25, 0.3) is 87.6 Å². The Labute approximate surface area is 275 Å². The van der Waals surface area contributed by atoms with Gasteiger partial charge in [-0.2, -0.15) is 0 Å². The summed E-state index contributed by atoms with van der Waals surface area (Å²) < 4.78 is 2.32. The summed E-state index contributed by atoms with van der Waals surface area (Å²) in [5.74, 6) is 0.713. The molecule has 0 amide bonds. The van der Waals surface area contributed by atoms with Crippen molar-refractivity contribution >= 4 is 42.7 Å². The van der Waals surface area contributed by atoms with Gasteiger partial charge in [-0.05, 0) is 41.5 Å². The van der Waals surface area contributed by atoms with Crippen LogP contribution in [0.15, 0.2) is 158 Å². The lowest BCUT2D eigenvalue weighted by molar-refractivity contribution is 1.24. The monoisotopic (exact) mass is 618 g/mol. The number of fused-ring (bicyclic) bond motifs is 4. The molecular formula is C42H26N4S. The van der Waals surface area contributed by atoms with Crippen molar-refractivity contribution in [3.8, 4) is 56.3 Å². The van der Waals surface area contributed by atoms with Gasteiger partial charge in [-0.3, -0.25) is 0 Å². The van der Waals surface area contributed by atoms with Crippen molar-refractivity contribution in [1.29, 1.82) is 0 Å². The lowest BCUT2D eigenvalue weighted by atomic mass is 9.97. The van der Waals surface area contributed by atoms with Crippen molar-refractivity contribution in [1.82, 2.24) is 19.9 Å². The van der Waals surface area contributed by atoms with Gasteiger partial charge in [0.05, 0.1) is 38.3 Å². The maximum atomic E-state index is 5.19. The summed E-state index contributed by atoms with van der Waals surface area (Å²) in [7, 11) is 0. The molecule has 0 spiro atoms. The average molecular weight is 619 g/mol. The average Bonchev–Trinajstić information content (AvgIpc) is 3.53. The van der Waals surface area contributed by atoms with Crippen molar-refractivity contribution in [2.24, 2.45) is 0 Å². The van der Waals surface area contributed by atoms with E-state index in [0.717, 1.165) is 77.1 Å². The summed E-state index contributed by atoms with van der Waals surface area (Å²) in [6, 6.07) is 54.3. The van der Waals surface area contributed by atoms with Gasteiger partial charge in [0.25, 0.3) is 0 Å². The Bertz CT molecular complexity index is 2580.